The Bertz CT molecular complexity index is 1290. The highest BCUT2D eigenvalue weighted by molar-refractivity contribution is 7.91. The van der Waals surface area contributed by atoms with Gasteiger partial charge >= 0.3 is 0 Å². The predicted octanol–water partition coefficient (Wildman–Crippen LogP) is 3.61. The quantitative estimate of drug-likeness (QED) is 0.506. The fraction of sp³-hybridized carbons (Fsp3) is 0.346. The van der Waals surface area contributed by atoms with E-state index < -0.39 is 16.1 Å². The summed E-state index contributed by atoms with van der Waals surface area (Å²) in [5.74, 6) is 0.712. The Balaban J connectivity index is 1.37. The Kier molecular flexibility index (Phi) is 6.82. The van der Waals surface area contributed by atoms with Gasteiger partial charge in [-0.25, -0.2) is 8.42 Å². The number of anilines is 1. The molecule has 1 aromatic heterocycles. The van der Waals surface area contributed by atoms with Crippen molar-refractivity contribution in [2.75, 3.05) is 37.7 Å². The number of para-hydroxylation sites is 2. The first kappa shape index (κ1) is 23.8. The molecular formula is C26H29N3O4S2. The summed E-state index contributed by atoms with van der Waals surface area (Å²) in [5, 5.41) is 1.75. The molecule has 1 amide bonds. The van der Waals surface area contributed by atoms with Crippen LogP contribution in [0.15, 0.2) is 70.3 Å². The summed E-state index contributed by atoms with van der Waals surface area (Å²) < 4.78 is 34.5. The van der Waals surface area contributed by atoms with E-state index in [2.05, 4.69) is 4.90 Å². The number of carbonyl (C=O) groups excluding carboxylic acids is 1. The summed E-state index contributed by atoms with van der Waals surface area (Å²) in [6.45, 7) is 5.15. The molecule has 7 nitrogen and oxygen atoms in total. The molecule has 5 rings (SSSR count). The van der Waals surface area contributed by atoms with Crippen LogP contribution in [0.3, 0.4) is 0 Å². The van der Waals surface area contributed by atoms with Crippen molar-refractivity contribution in [1.82, 2.24) is 9.21 Å². The van der Waals surface area contributed by atoms with Crippen molar-refractivity contribution in [3.05, 3.63) is 77.2 Å². The van der Waals surface area contributed by atoms with E-state index in [9.17, 15) is 13.2 Å². The Labute approximate surface area is 210 Å². The van der Waals surface area contributed by atoms with Crippen molar-refractivity contribution in [3.8, 4) is 5.75 Å². The van der Waals surface area contributed by atoms with Crippen LogP contribution in [0.2, 0.25) is 0 Å². The highest BCUT2D eigenvalue weighted by atomic mass is 32.2. The largest absolute Gasteiger partial charge is 0.492 e. The number of rotatable bonds is 6. The van der Waals surface area contributed by atoms with Gasteiger partial charge in [-0.1, -0.05) is 42.5 Å². The molecule has 0 radical (unpaired) electrons. The fourth-order valence-corrected chi connectivity index (χ4v) is 7.54. The highest BCUT2D eigenvalue weighted by Crippen LogP contribution is 2.33. The van der Waals surface area contributed by atoms with Crippen LogP contribution in [0.1, 0.15) is 18.1 Å². The maximum atomic E-state index is 13.8. The minimum absolute atomic E-state index is 0.127. The average Bonchev–Trinajstić information content (AvgIpc) is 3.44. The summed E-state index contributed by atoms with van der Waals surface area (Å²) in [4.78, 5) is 17.8. The summed E-state index contributed by atoms with van der Waals surface area (Å²) >= 11 is 1.18. The number of carbonyl (C=O) groups is 1. The molecule has 3 aromatic rings. The second-order valence-electron chi connectivity index (χ2n) is 8.68. The van der Waals surface area contributed by atoms with Crippen LogP contribution in [-0.2, 0) is 27.8 Å². The number of sulfonamides is 1. The van der Waals surface area contributed by atoms with E-state index in [1.807, 2.05) is 60.4 Å². The number of fused-ring (bicyclic) bond motifs is 1. The number of hydrogen-bond acceptors (Lipinski definition) is 6. The minimum atomic E-state index is -3.78. The van der Waals surface area contributed by atoms with Crippen LogP contribution < -0.4 is 9.64 Å². The summed E-state index contributed by atoms with van der Waals surface area (Å²) in [6, 6.07) is 18.3. The van der Waals surface area contributed by atoms with Crippen LogP contribution in [0.25, 0.3) is 0 Å². The van der Waals surface area contributed by atoms with Crippen LogP contribution >= 0.6 is 11.3 Å². The van der Waals surface area contributed by atoms with Crippen molar-refractivity contribution in [2.45, 2.75) is 30.1 Å². The molecule has 184 valence electrons. The second-order valence-corrected chi connectivity index (χ2v) is 11.7. The lowest BCUT2D eigenvalue weighted by Gasteiger charge is -2.41. The van der Waals surface area contributed by atoms with Gasteiger partial charge in [0.05, 0.1) is 12.3 Å². The lowest BCUT2D eigenvalue weighted by atomic mass is 9.95. The molecule has 3 heterocycles. The first-order valence-electron chi connectivity index (χ1n) is 11.9. The maximum Gasteiger partial charge on any atom is 0.253 e. The van der Waals surface area contributed by atoms with Gasteiger partial charge in [0, 0.05) is 32.7 Å². The van der Waals surface area contributed by atoms with Gasteiger partial charge in [0.25, 0.3) is 10.0 Å². The summed E-state index contributed by atoms with van der Waals surface area (Å²) in [5.41, 5.74) is 3.01. The van der Waals surface area contributed by atoms with Crippen molar-refractivity contribution >= 4 is 33.0 Å². The van der Waals surface area contributed by atoms with E-state index >= 15 is 0 Å². The Morgan fingerprint density at radius 3 is 2.40 bits per heavy atom. The number of piperazine rings is 1. The van der Waals surface area contributed by atoms with Crippen LogP contribution in [0.5, 0.6) is 5.75 Å². The third kappa shape index (κ3) is 4.68. The SMILES string of the molecule is CCOc1ccccc1N1CCN(C(=O)C2Cc3ccccc3CN2S(=O)(=O)c2cccs2)CC1. The van der Waals surface area contributed by atoms with Gasteiger partial charge in [-0.05, 0) is 48.1 Å². The number of benzene rings is 2. The average molecular weight is 512 g/mol. The molecule has 1 atom stereocenters. The Hall–Kier alpha value is -2.88. The van der Waals surface area contributed by atoms with Crippen molar-refractivity contribution in [1.29, 1.82) is 0 Å². The molecule has 0 saturated carbocycles. The number of thiophene rings is 1. The summed E-state index contributed by atoms with van der Waals surface area (Å²) in [6.07, 6.45) is 0.382. The van der Waals surface area contributed by atoms with Crippen LogP contribution in [-0.4, -0.2) is 62.4 Å². The van der Waals surface area contributed by atoms with E-state index in [1.165, 1.54) is 15.6 Å². The highest BCUT2D eigenvalue weighted by Gasteiger charge is 2.42. The zero-order chi connectivity index (χ0) is 24.4. The third-order valence-corrected chi connectivity index (χ3v) is 9.87. The molecule has 1 saturated heterocycles. The zero-order valence-corrected chi connectivity index (χ0v) is 21.3. The first-order chi connectivity index (χ1) is 17.0. The van der Waals surface area contributed by atoms with Gasteiger partial charge in [0.1, 0.15) is 16.0 Å². The normalized spacial score (nSPS) is 18.8. The van der Waals surface area contributed by atoms with Crippen LogP contribution in [0, 0.1) is 0 Å². The molecule has 2 aromatic carbocycles. The molecule has 9 heteroatoms. The molecule has 0 spiro atoms. The third-order valence-electron chi connectivity index (χ3n) is 6.65. The summed E-state index contributed by atoms with van der Waals surface area (Å²) in [7, 11) is -3.78. The topological polar surface area (TPSA) is 70.2 Å². The van der Waals surface area contributed by atoms with E-state index in [-0.39, 0.29) is 16.7 Å². The second kappa shape index (κ2) is 10.0. The molecule has 1 unspecified atom stereocenters. The van der Waals surface area contributed by atoms with E-state index in [0.29, 0.717) is 39.2 Å². The monoisotopic (exact) mass is 511 g/mol. The smallest absolute Gasteiger partial charge is 0.253 e. The zero-order valence-electron chi connectivity index (χ0n) is 19.7. The molecule has 1 fully saturated rings. The van der Waals surface area contributed by atoms with Gasteiger partial charge in [0.2, 0.25) is 5.91 Å². The first-order valence-corrected chi connectivity index (χ1v) is 14.2. The number of nitrogens with zero attached hydrogens (tertiary/aromatic N) is 3. The number of ether oxygens (including phenoxy) is 1. The van der Waals surface area contributed by atoms with Crippen molar-refractivity contribution < 1.29 is 17.9 Å². The van der Waals surface area contributed by atoms with Gasteiger partial charge in [-0.15, -0.1) is 11.3 Å². The molecule has 0 aliphatic carbocycles. The fourth-order valence-electron chi connectivity index (χ4n) is 4.86. The lowest BCUT2D eigenvalue weighted by Crippen LogP contribution is -2.57. The molecular weight excluding hydrogens is 482 g/mol. The van der Waals surface area contributed by atoms with Crippen molar-refractivity contribution in [3.63, 3.8) is 0 Å². The molecule has 0 bridgehead atoms. The van der Waals surface area contributed by atoms with Crippen LogP contribution in [0.4, 0.5) is 5.69 Å². The Morgan fingerprint density at radius 1 is 0.971 bits per heavy atom. The lowest BCUT2D eigenvalue weighted by molar-refractivity contribution is -0.136. The van der Waals surface area contributed by atoms with Gasteiger partial charge in [0.15, 0.2) is 0 Å². The molecule has 2 aliphatic rings. The number of amides is 1. The maximum absolute atomic E-state index is 13.8. The van der Waals surface area contributed by atoms with E-state index in [0.717, 1.165) is 22.6 Å². The number of hydrogen-bond donors (Lipinski definition) is 0. The van der Waals surface area contributed by atoms with E-state index in [1.54, 1.807) is 17.5 Å². The predicted molar refractivity (Wildman–Crippen MR) is 137 cm³/mol. The van der Waals surface area contributed by atoms with Gasteiger partial charge < -0.3 is 14.5 Å². The molecule has 35 heavy (non-hydrogen) atoms. The van der Waals surface area contributed by atoms with Crippen molar-refractivity contribution in [2.24, 2.45) is 0 Å². The Morgan fingerprint density at radius 2 is 1.69 bits per heavy atom. The van der Waals surface area contributed by atoms with E-state index in [4.69, 9.17) is 4.74 Å². The molecule has 2 aliphatic heterocycles. The standard InChI is InChI=1S/C26H29N3O4S2/c1-2-33-24-11-6-5-10-22(24)27-13-15-28(16-14-27)26(30)23-18-20-8-3-4-9-21(20)19-29(23)35(31,32)25-12-7-17-34-25/h3-12,17,23H,2,13-16,18-19H2,1H3. The molecule has 0 N–H and O–H groups in total. The van der Waals surface area contributed by atoms with Gasteiger partial charge in [-0.2, -0.15) is 4.31 Å². The minimum Gasteiger partial charge on any atom is -0.492 e. The van der Waals surface area contributed by atoms with Gasteiger partial charge in [-0.3, -0.25) is 4.79 Å².